The molecule has 9 heteroatoms. The van der Waals surface area contributed by atoms with Crippen molar-refractivity contribution >= 4 is 17.5 Å². The van der Waals surface area contributed by atoms with E-state index in [9.17, 15) is 9.59 Å². The van der Waals surface area contributed by atoms with E-state index < -0.39 is 0 Å². The maximum Gasteiger partial charge on any atom is 0.262 e. The number of nitrogens with zero attached hydrogens (tertiary/aromatic N) is 3. The molecule has 0 N–H and O–H groups in total. The molecule has 0 bridgehead atoms. The summed E-state index contributed by atoms with van der Waals surface area (Å²) in [7, 11) is 6.21. The summed E-state index contributed by atoms with van der Waals surface area (Å²) in [5.74, 6) is 0.900. The summed E-state index contributed by atoms with van der Waals surface area (Å²) >= 11 is 0. The Hall–Kier alpha value is -3.43. The summed E-state index contributed by atoms with van der Waals surface area (Å²) in [6, 6.07) is 14.8. The van der Waals surface area contributed by atoms with Crippen LogP contribution in [0.3, 0.4) is 0 Å². The van der Waals surface area contributed by atoms with Crippen molar-refractivity contribution in [3.63, 3.8) is 0 Å². The fraction of sp³-hybridized carbons (Fsp3) is 0.400. The van der Waals surface area contributed by atoms with E-state index in [1.54, 1.807) is 21.3 Å². The molecular formula is C25H31N3O6. The third-order valence-corrected chi connectivity index (χ3v) is 5.60. The van der Waals surface area contributed by atoms with Gasteiger partial charge in [0.05, 0.1) is 32.6 Å². The number of ether oxygens (including phenoxy) is 4. The molecule has 0 saturated heterocycles. The first-order valence-electron chi connectivity index (χ1n) is 10.9. The molecule has 2 aromatic carbocycles. The van der Waals surface area contributed by atoms with Crippen LogP contribution in [0, 0.1) is 0 Å². The quantitative estimate of drug-likeness (QED) is 0.502. The van der Waals surface area contributed by atoms with E-state index in [4.69, 9.17) is 18.9 Å². The molecule has 1 aliphatic rings. The van der Waals surface area contributed by atoms with Crippen LogP contribution in [0.2, 0.25) is 0 Å². The minimum absolute atomic E-state index is 0.112. The highest BCUT2D eigenvalue weighted by Crippen LogP contribution is 2.34. The maximum absolute atomic E-state index is 13.4. The van der Waals surface area contributed by atoms with Gasteiger partial charge in [0, 0.05) is 27.2 Å². The van der Waals surface area contributed by atoms with E-state index in [0.717, 1.165) is 28.3 Å². The van der Waals surface area contributed by atoms with Crippen LogP contribution < -0.4 is 9.47 Å². The lowest BCUT2D eigenvalue weighted by Gasteiger charge is -2.27. The van der Waals surface area contributed by atoms with E-state index >= 15 is 0 Å². The van der Waals surface area contributed by atoms with Crippen molar-refractivity contribution in [1.82, 2.24) is 9.91 Å². The van der Waals surface area contributed by atoms with Gasteiger partial charge in [0.1, 0.15) is 24.7 Å². The summed E-state index contributed by atoms with van der Waals surface area (Å²) in [4.78, 5) is 27.3. The van der Waals surface area contributed by atoms with Gasteiger partial charge in [-0.2, -0.15) is 5.10 Å². The SMILES string of the molecule is COCCN(CC(=O)N1N=C(c2ccc(OC)cc2)CC1c1ccc(OC)cc1)C(=O)COC. The largest absolute Gasteiger partial charge is 0.497 e. The highest BCUT2D eigenvalue weighted by molar-refractivity contribution is 6.03. The molecule has 1 heterocycles. The number of hydrogen-bond donors (Lipinski definition) is 0. The minimum Gasteiger partial charge on any atom is -0.497 e. The lowest BCUT2D eigenvalue weighted by Crippen LogP contribution is -2.44. The van der Waals surface area contributed by atoms with E-state index in [1.807, 2.05) is 48.5 Å². The van der Waals surface area contributed by atoms with Gasteiger partial charge in [-0.3, -0.25) is 9.59 Å². The number of hydrogen-bond acceptors (Lipinski definition) is 7. The van der Waals surface area contributed by atoms with Crippen LogP contribution >= 0.6 is 0 Å². The Morgan fingerprint density at radius 3 is 2.12 bits per heavy atom. The van der Waals surface area contributed by atoms with Crippen LogP contribution in [0.4, 0.5) is 0 Å². The van der Waals surface area contributed by atoms with Crippen molar-refractivity contribution in [2.45, 2.75) is 12.5 Å². The molecule has 1 atom stereocenters. The van der Waals surface area contributed by atoms with Crippen molar-refractivity contribution in [2.24, 2.45) is 5.10 Å². The minimum atomic E-state index is -0.308. The predicted molar refractivity (Wildman–Crippen MR) is 127 cm³/mol. The Balaban J connectivity index is 1.88. The molecule has 0 spiro atoms. The second-order valence-electron chi connectivity index (χ2n) is 7.75. The number of rotatable bonds is 11. The van der Waals surface area contributed by atoms with Crippen molar-refractivity contribution in [3.8, 4) is 11.5 Å². The Bertz CT molecular complexity index is 991. The number of amides is 2. The zero-order chi connectivity index (χ0) is 24.5. The van der Waals surface area contributed by atoms with Gasteiger partial charge in [-0.1, -0.05) is 12.1 Å². The monoisotopic (exact) mass is 469 g/mol. The van der Waals surface area contributed by atoms with Gasteiger partial charge in [0.25, 0.3) is 5.91 Å². The molecule has 0 aliphatic carbocycles. The van der Waals surface area contributed by atoms with E-state index in [2.05, 4.69) is 5.10 Å². The van der Waals surface area contributed by atoms with Gasteiger partial charge in [0.15, 0.2) is 0 Å². The van der Waals surface area contributed by atoms with Gasteiger partial charge in [-0.15, -0.1) is 0 Å². The topological polar surface area (TPSA) is 89.9 Å². The molecule has 0 saturated carbocycles. The molecule has 3 rings (SSSR count). The van der Waals surface area contributed by atoms with Crippen molar-refractivity contribution in [1.29, 1.82) is 0 Å². The van der Waals surface area contributed by atoms with Gasteiger partial charge >= 0.3 is 0 Å². The molecule has 0 fully saturated rings. The average molecular weight is 470 g/mol. The summed E-state index contributed by atoms with van der Waals surface area (Å²) in [5.41, 5.74) is 2.61. The lowest BCUT2D eigenvalue weighted by molar-refractivity contribution is -0.144. The number of benzene rings is 2. The molecule has 2 aromatic rings. The highest BCUT2D eigenvalue weighted by Gasteiger charge is 2.34. The maximum atomic E-state index is 13.4. The Kier molecular flexibility index (Phi) is 9.00. The normalized spacial score (nSPS) is 15.1. The Morgan fingerprint density at radius 2 is 1.56 bits per heavy atom. The predicted octanol–water partition coefficient (Wildman–Crippen LogP) is 2.50. The zero-order valence-corrected chi connectivity index (χ0v) is 20.0. The van der Waals surface area contributed by atoms with Crippen molar-refractivity contribution in [2.75, 3.05) is 54.7 Å². The summed E-state index contributed by atoms with van der Waals surface area (Å²) in [6.07, 6.45) is 0.536. The van der Waals surface area contributed by atoms with Crippen LogP contribution in [-0.2, 0) is 19.1 Å². The van der Waals surface area contributed by atoms with E-state index in [-0.39, 0.29) is 37.6 Å². The van der Waals surface area contributed by atoms with Crippen LogP contribution in [0.1, 0.15) is 23.6 Å². The number of carbonyl (C=O) groups is 2. The number of methoxy groups -OCH3 is 4. The molecule has 1 aliphatic heterocycles. The summed E-state index contributed by atoms with van der Waals surface area (Å²) in [5, 5.41) is 6.15. The van der Waals surface area contributed by atoms with Crippen LogP contribution in [0.15, 0.2) is 53.6 Å². The van der Waals surface area contributed by atoms with Crippen LogP contribution in [0.25, 0.3) is 0 Å². The Labute approximate surface area is 199 Å². The standard InChI is InChI=1S/C25H31N3O6/c1-31-14-13-27(25(30)17-32-2)16-24(29)28-23(19-7-11-21(34-4)12-8-19)15-22(26-28)18-5-9-20(33-3)10-6-18/h5-12,23H,13-17H2,1-4H3. The first kappa shape index (κ1) is 25.2. The molecule has 1 unspecified atom stereocenters. The van der Waals surface area contributed by atoms with Crippen molar-refractivity contribution < 1.29 is 28.5 Å². The fourth-order valence-corrected chi connectivity index (χ4v) is 3.73. The summed E-state index contributed by atoms with van der Waals surface area (Å²) in [6.45, 7) is 0.350. The number of hydrazone groups is 1. The average Bonchev–Trinajstić information content (AvgIpc) is 3.32. The lowest BCUT2D eigenvalue weighted by atomic mass is 9.98. The van der Waals surface area contributed by atoms with Gasteiger partial charge in [0.2, 0.25) is 5.91 Å². The first-order chi connectivity index (χ1) is 16.5. The molecular weight excluding hydrogens is 438 g/mol. The molecule has 0 radical (unpaired) electrons. The third kappa shape index (κ3) is 6.12. The second kappa shape index (κ2) is 12.2. The van der Waals surface area contributed by atoms with Gasteiger partial charge < -0.3 is 23.8 Å². The zero-order valence-electron chi connectivity index (χ0n) is 20.0. The third-order valence-electron chi connectivity index (χ3n) is 5.60. The highest BCUT2D eigenvalue weighted by atomic mass is 16.5. The molecule has 0 aromatic heterocycles. The van der Waals surface area contributed by atoms with E-state index in [1.165, 1.54) is 17.0 Å². The molecule has 2 amide bonds. The van der Waals surface area contributed by atoms with Crippen LogP contribution in [0.5, 0.6) is 11.5 Å². The second-order valence-corrected chi connectivity index (χ2v) is 7.75. The van der Waals surface area contributed by atoms with Gasteiger partial charge in [-0.25, -0.2) is 5.01 Å². The molecule has 182 valence electrons. The van der Waals surface area contributed by atoms with Gasteiger partial charge in [-0.05, 0) is 47.5 Å². The van der Waals surface area contributed by atoms with E-state index in [0.29, 0.717) is 13.0 Å². The fourth-order valence-electron chi connectivity index (χ4n) is 3.73. The van der Waals surface area contributed by atoms with Crippen LogP contribution in [-0.4, -0.2) is 82.2 Å². The molecule has 34 heavy (non-hydrogen) atoms. The Morgan fingerprint density at radius 1 is 0.941 bits per heavy atom. The summed E-state index contributed by atoms with van der Waals surface area (Å²) < 4.78 is 20.6. The smallest absolute Gasteiger partial charge is 0.262 e. The first-order valence-corrected chi connectivity index (χ1v) is 10.9. The molecule has 9 nitrogen and oxygen atoms in total. The van der Waals surface area contributed by atoms with Crippen molar-refractivity contribution in [3.05, 3.63) is 59.7 Å². The number of carbonyl (C=O) groups excluding carboxylic acids is 2.